The summed E-state index contributed by atoms with van der Waals surface area (Å²) in [7, 11) is -3.09. The van der Waals surface area contributed by atoms with Crippen LogP contribution in [0.1, 0.15) is 26.7 Å². The van der Waals surface area contributed by atoms with E-state index in [1.54, 1.807) is 13.8 Å². The second kappa shape index (κ2) is 4.14. The van der Waals surface area contributed by atoms with Crippen LogP contribution in [0.3, 0.4) is 0 Å². The molecule has 1 rings (SSSR count). The molecule has 1 aliphatic heterocycles. The Balaban J connectivity index is 2.48. The van der Waals surface area contributed by atoms with E-state index in [-0.39, 0.29) is 12.2 Å². The highest BCUT2D eigenvalue weighted by Crippen LogP contribution is 2.25. The fourth-order valence-electron chi connectivity index (χ4n) is 1.49. The van der Waals surface area contributed by atoms with Crippen LogP contribution in [-0.4, -0.2) is 38.2 Å². The Kier molecular flexibility index (Phi) is 3.53. The maximum atomic E-state index is 13.8. The molecule has 0 aromatic heterocycles. The molecule has 1 N–H and O–H groups in total. The lowest BCUT2D eigenvalue weighted by Crippen LogP contribution is -2.30. The monoisotopic (exact) mass is 223 g/mol. The summed E-state index contributed by atoms with van der Waals surface area (Å²) in [6.45, 7) is 4.21. The van der Waals surface area contributed by atoms with Gasteiger partial charge in [0.05, 0.1) is 11.0 Å². The Bertz CT molecular complexity index is 281. The van der Waals surface area contributed by atoms with Crippen LogP contribution in [0.15, 0.2) is 0 Å². The average Bonchev–Trinajstić information content (AvgIpc) is 2.50. The van der Waals surface area contributed by atoms with E-state index >= 15 is 0 Å². The van der Waals surface area contributed by atoms with Crippen molar-refractivity contribution in [2.45, 2.75) is 37.6 Å². The van der Waals surface area contributed by atoms with Crippen molar-refractivity contribution < 1.29 is 12.8 Å². The highest BCUT2D eigenvalue weighted by molar-refractivity contribution is 7.91. The molecule has 1 saturated heterocycles. The van der Waals surface area contributed by atoms with Crippen molar-refractivity contribution in [3.8, 4) is 0 Å². The van der Waals surface area contributed by atoms with Crippen molar-refractivity contribution in [1.29, 1.82) is 0 Å². The van der Waals surface area contributed by atoms with Crippen molar-refractivity contribution in [2.75, 3.05) is 18.8 Å². The minimum absolute atomic E-state index is 0.0388. The maximum absolute atomic E-state index is 13.8. The molecule has 0 amide bonds. The SMILES string of the molecule is CC(C)S(=O)(=O)CCC1(F)CCNC1. The van der Waals surface area contributed by atoms with Gasteiger partial charge in [-0.25, -0.2) is 12.8 Å². The smallest absolute Gasteiger partial charge is 0.152 e. The molecule has 1 unspecified atom stereocenters. The van der Waals surface area contributed by atoms with Crippen molar-refractivity contribution in [3.05, 3.63) is 0 Å². The maximum Gasteiger partial charge on any atom is 0.152 e. The van der Waals surface area contributed by atoms with Crippen molar-refractivity contribution >= 4 is 9.84 Å². The van der Waals surface area contributed by atoms with Crippen molar-refractivity contribution in [1.82, 2.24) is 5.32 Å². The Labute approximate surface area is 85.0 Å². The van der Waals surface area contributed by atoms with Gasteiger partial charge in [-0.05, 0) is 33.2 Å². The Morgan fingerprint density at radius 1 is 1.50 bits per heavy atom. The highest BCUT2D eigenvalue weighted by Gasteiger charge is 2.35. The van der Waals surface area contributed by atoms with Gasteiger partial charge in [0, 0.05) is 6.54 Å². The molecule has 1 atom stereocenters. The fourth-order valence-corrected chi connectivity index (χ4v) is 2.61. The first kappa shape index (κ1) is 11.9. The molecule has 84 valence electrons. The molecule has 1 heterocycles. The first-order chi connectivity index (χ1) is 6.36. The summed E-state index contributed by atoms with van der Waals surface area (Å²) in [5.41, 5.74) is -1.30. The van der Waals surface area contributed by atoms with E-state index in [2.05, 4.69) is 5.32 Å². The van der Waals surface area contributed by atoms with Crippen molar-refractivity contribution in [3.63, 3.8) is 0 Å². The van der Waals surface area contributed by atoms with Gasteiger partial charge in [-0.15, -0.1) is 0 Å². The third-order valence-electron chi connectivity index (χ3n) is 2.74. The molecule has 0 saturated carbocycles. The predicted molar refractivity (Wildman–Crippen MR) is 54.9 cm³/mol. The fraction of sp³-hybridized carbons (Fsp3) is 1.00. The molecule has 0 aliphatic carbocycles. The number of halogens is 1. The van der Waals surface area contributed by atoms with Gasteiger partial charge in [0.15, 0.2) is 9.84 Å². The number of rotatable bonds is 4. The molecule has 1 fully saturated rings. The number of nitrogens with one attached hydrogen (secondary N) is 1. The molecule has 0 aromatic carbocycles. The summed E-state index contributed by atoms with van der Waals surface area (Å²) in [6.07, 6.45) is 0.557. The molecular weight excluding hydrogens is 205 g/mol. The normalized spacial score (nSPS) is 28.6. The molecule has 0 radical (unpaired) electrons. The molecule has 1 aliphatic rings. The van der Waals surface area contributed by atoms with Gasteiger partial charge < -0.3 is 5.32 Å². The van der Waals surface area contributed by atoms with E-state index in [9.17, 15) is 12.8 Å². The van der Waals surface area contributed by atoms with E-state index in [4.69, 9.17) is 0 Å². The molecule has 5 heteroatoms. The van der Waals surface area contributed by atoms with Crippen LogP contribution in [0, 0.1) is 0 Å². The summed E-state index contributed by atoms with van der Waals surface area (Å²) >= 11 is 0. The number of hydrogen-bond donors (Lipinski definition) is 1. The van der Waals surface area contributed by atoms with Gasteiger partial charge in [0.2, 0.25) is 0 Å². The largest absolute Gasteiger partial charge is 0.313 e. The van der Waals surface area contributed by atoms with E-state index in [0.717, 1.165) is 0 Å². The van der Waals surface area contributed by atoms with Crippen molar-refractivity contribution in [2.24, 2.45) is 0 Å². The quantitative estimate of drug-likeness (QED) is 0.770. The number of alkyl halides is 1. The summed E-state index contributed by atoms with van der Waals surface area (Å²) in [6, 6.07) is 0. The summed E-state index contributed by atoms with van der Waals surface area (Å²) in [5, 5.41) is 2.51. The van der Waals surface area contributed by atoms with Crippen LogP contribution in [0.2, 0.25) is 0 Å². The molecule has 3 nitrogen and oxygen atoms in total. The number of hydrogen-bond acceptors (Lipinski definition) is 3. The second-order valence-electron chi connectivity index (χ2n) is 4.24. The van der Waals surface area contributed by atoms with E-state index in [0.29, 0.717) is 19.5 Å². The van der Waals surface area contributed by atoms with Crippen LogP contribution in [0.5, 0.6) is 0 Å². The molecule has 0 bridgehead atoms. The Morgan fingerprint density at radius 3 is 2.57 bits per heavy atom. The van der Waals surface area contributed by atoms with Crippen LogP contribution >= 0.6 is 0 Å². The van der Waals surface area contributed by atoms with Gasteiger partial charge in [-0.2, -0.15) is 0 Å². The zero-order valence-electron chi connectivity index (χ0n) is 8.72. The lowest BCUT2D eigenvalue weighted by molar-refractivity contribution is 0.185. The Hall–Kier alpha value is -0.160. The Morgan fingerprint density at radius 2 is 2.14 bits per heavy atom. The number of sulfone groups is 1. The van der Waals surface area contributed by atoms with E-state index in [1.807, 2.05) is 0 Å². The second-order valence-corrected chi connectivity index (χ2v) is 6.92. The van der Waals surface area contributed by atoms with Crippen LogP contribution in [-0.2, 0) is 9.84 Å². The first-order valence-corrected chi connectivity index (χ1v) is 6.68. The van der Waals surface area contributed by atoms with Gasteiger partial charge >= 0.3 is 0 Å². The minimum atomic E-state index is -3.09. The zero-order chi connectivity index (χ0) is 10.8. The van der Waals surface area contributed by atoms with Crippen LogP contribution in [0.4, 0.5) is 4.39 Å². The predicted octanol–water partition coefficient (Wildman–Crippen LogP) is 0.901. The average molecular weight is 223 g/mol. The van der Waals surface area contributed by atoms with Gasteiger partial charge in [-0.1, -0.05) is 0 Å². The summed E-state index contributed by atoms with van der Waals surface area (Å²) in [5.74, 6) is -0.0388. The topological polar surface area (TPSA) is 46.2 Å². The summed E-state index contributed by atoms with van der Waals surface area (Å²) < 4.78 is 36.7. The van der Waals surface area contributed by atoms with Gasteiger partial charge in [-0.3, -0.25) is 0 Å². The third-order valence-corrected chi connectivity index (χ3v) is 4.95. The molecule has 0 spiro atoms. The zero-order valence-corrected chi connectivity index (χ0v) is 9.53. The van der Waals surface area contributed by atoms with Gasteiger partial charge in [0.25, 0.3) is 0 Å². The van der Waals surface area contributed by atoms with Gasteiger partial charge in [0.1, 0.15) is 5.67 Å². The summed E-state index contributed by atoms with van der Waals surface area (Å²) in [4.78, 5) is 0. The van der Waals surface area contributed by atoms with Crippen LogP contribution < -0.4 is 5.32 Å². The van der Waals surface area contributed by atoms with E-state index < -0.39 is 20.8 Å². The van der Waals surface area contributed by atoms with Crippen LogP contribution in [0.25, 0.3) is 0 Å². The molecule has 0 aromatic rings. The lowest BCUT2D eigenvalue weighted by atomic mass is 10.0. The standard InChI is InChI=1S/C9H18FNO2S/c1-8(2)14(12,13)6-4-9(10)3-5-11-7-9/h8,11H,3-7H2,1-2H3. The molecular formula is C9H18FNO2S. The highest BCUT2D eigenvalue weighted by atomic mass is 32.2. The third kappa shape index (κ3) is 2.92. The first-order valence-electron chi connectivity index (χ1n) is 4.97. The molecule has 14 heavy (non-hydrogen) atoms. The van der Waals surface area contributed by atoms with E-state index in [1.165, 1.54) is 0 Å². The minimum Gasteiger partial charge on any atom is -0.313 e. The lowest BCUT2D eigenvalue weighted by Gasteiger charge is -2.18.